The molecule has 7 heteroatoms. The first-order valence-electron chi connectivity index (χ1n) is 5.41. The highest BCUT2D eigenvalue weighted by molar-refractivity contribution is 5.67. The van der Waals surface area contributed by atoms with E-state index in [4.69, 9.17) is 5.73 Å². The summed E-state index contributed by atoms with van der Waals surface area (Å²) in [6.07, 6.45) is 0. The Morgan fingerprint density at radius 1 is 1.37 bits per heavy atom. The monoisotopic (exact) mass is 262 g/mol. The van der Waals surface area contributed by atoms with Gasteiger partial charge in [0.25, 0.3) is 0 Å². The third-order valence-corrected chi connectivity index (χ3v) is 2.51. The van der Waals surface area contributed by atoms with Crippen molar-refractivity contribution in [3.63, 3.8) is 0 Å². The molecular formula is C12H11FN4O2. The van der Waals surface area contributed by atoms with Crippen molar-refractivity contribution in [3.05, 3.63) is 51.8 Å². The van der Waals surface area contributed by atoms with E-state index in [9.17, 15) is 14.5 Å². The van der Waals surface area contributed by atoms with Gasteiger partial charge in [0.05, 0.1) is 4.92 Å². The van der Waals surface area contributed by atoms with E-state index in [0.717, 1.165) is 0 Å². The molecule has 3 N–H and O–H groups in total. The molecule has 1 aromatic heterocycles. The van der Waals surface area contributed by atoms with Gasteiger partial charge in [-0.25, -0.2) is 9.37 Å². The molecule has 98 valence electrons. The number of pyridine rings is 1. The number of aromatic nitrogens is 1. The number of nitrogens with two attached hydrogens (primary N) is 1. The van der Waals surface area contributed by atoms with Gasteiger partial charge in [0.1, 0.15) is 11.6 Å². The molecule has 19 heavy (non-hydrogen) atoms. The SMILES string of the molecule is Cc1cc(Nc2nc(N)ccc2[N+](=O)[O-])ccc1F. The van der Waals surface area contributed by atoms with Crippen LogP contribution in [0.4, 0.5) is 27.4 Å². The summed E-state index contributed by atoms with van der Waals surface area (Å²) in [5.41, 5.74) is 6.23. The number of rotatable bonds is 3. The lowest BCUT2D eigenvalue weighted by atomic mass is 10.2. The molecule has 0 radical (unpaired) electrons. The average Bonchev–Trinajstić information content (AvgIpc) is 2.33. The summed E-state index contributed by atoms with van der Waals surface area (Å²) in [5.74, 6) is -0.163. The lowest BCUT2D eigenvalue weighted by Crippen LogP contribution is -2.02. The number of hydrogen-bond acceptors (Lipinski definition) is 5. The Morgan fingerprint density at radius 3 is 2.74 bits per heavy atom. The fourth-order valence-corrected chi connectivity index (χ4v) is 1.57. The van der Waals surface area contributed by atoms with Crippen LogP contribution in [0.2, 0.25) is 0 Å². The van der Waals surface area contributed by atoms with Crippen molar-refractivity contribution in [2.45, 2.75) is 6.92 Å². The van der Waals surface area contributed by atoms with E-state index < -0.39 is 4.92 Å². The van der Waals surface area contributed by atoms with Crippen LogP contribution in [0.5, 0.6) is 0 Å². The van der Waals surface area contributed by atoms with Crippen LogP contribution in [0.3, 0.4) is 0 Å². The Balaban J connectivity index is 2.39. The van der Waals surface area contributed by atoms with Crippen molar-refractivity contribution < 1.29 is 9.31 Å². The molecular weight excluding hydrogens is 251 g/mol. The number of halogens is 1. The summed E-state index contributed by atoms with van der Waals surface area (Å²) < 4.78 is 13.1. The van der Waals surface area contributed by atoms with Gasteiger partial charge in [-0.15, -0.1) is 0 Å². The molecule has 0 atom stereocenters. The first kappa shape index (κ1) is 12.7. The highest BCUT2D eigenvalue weighted by atomic mass is 19.1. The van der Waals surface area contributed by atoms with Gasteiger partial charge in [-0.05, 0) is 36.8 Å². The lowest BCUT2D eigenvalue weighted by Gasteiger charge is -2.08. The lowest BCUT2D eigenvalue weighted by molar-refractivity contribution is -0.384. The van der Waals surface area contributed by atoms with Crippen LogP contribution in [-0.2, 0) is 0 Å². The Morgan fingerprint density at radius 2 is 2.11 bits per heavy atom. The molecule has 0 fully saturated rings. The molecule has 2 rings (SSSR count). The van der Waals surface area contributed by atoms with E-state index >= 15 is 0 Å². The van der Waals surface area contributed by atoms with E-state index in [2.05, 4.69) is 10.3 Å². The predicted octanol–water partition coefficient (Wildman–Crippen LogP) is 2.76. The maximum Gasteiger partial charge on any atom is 0.311 e. The summed E-state index contributed by atoms with van der Waals surface area (Å²) in [6, 6.07) is 6.89. The van der Waals surface area contributed by atoms with Crippen LogP contribution < -0.4 is 11.1 Å². The molecule has 0 saturated carbocycles. The molecule has 1 heterocycles. The smallest absolute Gasteiger partial charge is 0.311 e. The number of hydrogen-bond donors (Lipinski definition) is 2. The maximum atomic E-state index is 13.1. The zero-order valence-electron chi connectivity index (χ0n) is 10.1. The molecule has 1 aromatic carbocycles. The van der Waals surface area contributed by atoms with Crippen molar-refractivity contribution >= 4 is 23.0 Å². The molecule has 2 aromatic rings. The van der Waals surface area contributed by atoms with Gasteiger partial charge in [0.15, 0.2) is 0 Å². The number of nitro groups is 1. The van der Waals surface area contributed by atoms with Gasteiger partial charge in [-0.3, -0.25) is 10.1 Å². The molecule has 6 nitrogen and oxygen atoms in total. The number of aryl methyl sites for hydroxylation is 1. The molecule has 0 bridgehead atoms. The predicted molar refractivity (Wildman–Crippen MR) is 69.7 cm³/mol. The van der Waals surface area contributed by atoms with E-state index in [1.54, 1.807) is 6.92 Å². The standard InChI is InChI=1S/C12H11FN4O2/c1-7-6-8(2-3-9(7)13)15-12-10(17(18)19)4-5-11(14)16-12/h2-6H,1H3,(H3,14,15,16). The number of anilines is 3. The minimum Gasteiger partial charge on any atom is -0.384 e. The first-order chi connectivity index (χ1) is 8.97. The van der Waals surface area contributed by atoms with E-state index in [0.29, 0.717) is 11.3 Å². The topological polar surface area (TPSA) is 94.1 Å². The Hall–Kier alpha value is -2.70. The van der Waals surface area contributed by atoms with Crippen molar-refractivity contribution in [1.29, 1.82) is 0 Å². The van der Waals surface area contributed by atoms with Gasteiger partial charge in [0.2, 0.25) is 5.82 Å². The molecule has 0 unspecified atom stereocenters. The molecule has 0 saturated heterocycles. The molecule has 0 amide bonds. The highest BCUT2D eigenvalue weighted by Gasteiger charge is 2.15. The second kappa shape index (κ2) is 4.89. The minimum absolute atomic E-state index is 0.0241. The fraction of sp³-hybridized carbons (Fsp3) is 0.0833. The Labute approximate surface area is 108 Å². The third-order valence-electron chi connectivity index (χ3n) is 2.51. The van der Waals surface area contributed by atoms with Crippen LogP contribution in [0.15, 0.2) is 30.3 Å². The van der Waals surface area contributed by atoms with Crippen molar-refractivity contribution in [3.8, 4) is 0 Å². The zero-order valence-corrected chi connectivity index (χ0v) is 10.1. The summed E-state index contributed by atoms with van der Waals surface area (Å²) in [6.45, 7) is 1.60. The van der Waals surface area contributed by atoms with E-state index in [1.807, 2.05) is 0 Å². The maximum absolute atomic E-state index is 13.1. The van der Waals surface area contributed by atoms with Crippen LogP contribution in [-0.4, -0.2) is 9.91 Å². The number of nitrogen functional groups attached to an aromatic ring is 1. The van der Waals surface area contributed by atoms with Crippen LogP contribution in [0.25, 0.3) is 0 Å². The van der Waals surface area contributed by atoms with E-state index in [1.165, 1.54) is 30.3 Å². The summed E-state index contributed by atoms with van der Waals surface area (Å²) in [5, 5.41) is 13.6. The van der Waals surface area contributed by atoms with Crippen molar-refractivity contribution in [1.82, 2.24) is 4.98 Å². The number of benzene rings is 1. The Bertz CT molecular complexity index is 646. The first-order valence-corrected chi connectivity index (χ1v) is 5.41. The van der Waals surface area contributed by atoms with Crippen LogP contribution >= 0.6 is 0 Å². The zero-order chi connectivity index (χ0) is 14.0. The third kappa shape index (κ3) is 2.76. The molecule has 0 aliphatic heterocycles. The quantitative estimate of drug-likeness (QED) is 0.655. The van der Waals surface area contributed by atoms with E-state index in [-0.39, 0.29) is 23.1 Å². The van der Waals surface area contributed by atoms with Gasteiger partial charge in [-0.1, -0.05) is 0 Å². The van der Waals surface area contributed by atoms with Gasteiger partial charge in [0, 0.05) is 11.8 Å². The minimum atomic E-state index is -0.564. The molecule has 0 aliphatic carbocycles. The summed E-state index contributed by atoms with van der Waals surface area (Å²) in [4.78, 5) is 14.2. The van der Waals surface area contributed by atoms with Gasteiger partial charge in [-0.2, -0.15) is 0 Å². The highest BCUT2D eigenvalue weighted by Crippen LogP contribution is 2.27. The largest absolute Gasteiger partial charge is 0.384 e. The average molecular weight is 262 g/mol. The number of nitrogens with zero attached hydrogens (tertiary/aromatic N) is 2. The number of nitrogens with one attached hydrogen (secondary N) is 1. The van der Waals surface area contributed by atoms with Crippen LogP contribution in [0, 0.1) is 22.9 Å². The second-order valence-corrected chi connectivity index (χ2v) is 3.95. The van der Waals surface area contributed by atoms with Crippen molar-refractivity contribution in [2.24, 2.45) is 0 Å². The van der Waals surface area contributed by atoms with Crippen molar-refractivity contribution in [2.75, 3.05) is 11.1 Å². The second-order valence-electron chi connectivity index (χ2n) is 3.95. The van der Waals surface area contributed by atoms with Gasteiger partial charge < -0.3 is 11.1 Å². The van der Waals surface area contributed by atoms with Crippen LogP contribution in [0.1, 0.15) is 5.56 Å². The molecule has 0 aliphatic rings. The molecule has 0 spiro atoms. The summed E-state index contributed by atoms with van der Waals surface area (Å²) in [7, 11) is 0. The van der Waals surface area contributed by atoms with Gasteiger partial charge >= 0.3 is 5.69 Å². The Kier molecular flexibility index (Phi) is 3.28. The fourth-order valence-electron chi connectivity index (χ4n) is 1.57. The normalized spacial score (nSPS) is 10.2. The summed E-state index contributed by atoms with van der Waals surface area (Å²) >= 11 is 0.